The van der Waals surface area contributed by atoms with Crippen LogP contribution in [0, 0.1) is 5.92 Å². The fraction of sp³-hybridized carbons (Fsp3) is 0.286. The monoisotopic (exact) mass is 335 g/mol. The van der Waals surface area contributed by atoms with Crippen molar-refractivity contribution in [2.75, 3.05) is 14.2 Å². The van der Waals surface area contributed by atoms with Crippen LogP contribution in [0.1, 0.15) is 28.3 Å². The second-order valence-corrected chi connectivity index (χ2v) is 6.62. The molecule has 0 spiro atoms. The van der Waals surface area contributed by atoms with Gasteiger partial charge in [0.2, 0.25) is 0 Å². The molecule has 1 saturated carbocycles. The molecule has 1 aromatic heterocycles. The maximum Gasteiger partial charge on any atom is 0.166 e. The zero-order valence-corrected chi connectivity index (χ0v) is 14.7. The highest BCUT2D eigenvalue weighted by Gasteiger charge is 2.45. The average Bonchev–Trinajstić information content (AvgIpc) is 3.39. The molecular weight excluding hydrogens is 314 g/mol. The highest BCUT2D eigenvalue weighted by atomic mass is 16.5. The lowest BCUT2D eigenvalue weighted by molar-refractivity contribution is 0.0965. The van der Waals surface area contributed by atoms with Crippen molar-refractivity contribution in [2.45, 2.75) is 12.3 Å². The first-order chi connectivity index (χ1) is 12.1. The molecular formula is C21H21NO3. The molecule has 2 unspecified atom stereocenters. The third kappa shape index (κ3) is 2.68. The Balaban J connectivity index is 1.62. The van der Waals surface area contributed by atoms with Gasteiger partial charge in [-0.1, -0.05) is 0 Å². The molecule has 0 amide bonds. The van der Waals surface area contributed by atoms with Gasteiger partial charge in [-0.2, -0.15) is 0 Å². The number of Topliss-reactive ketones (excluding diaryl/α,β-unsaturated/α-hetero) is 1. The van der Waals surface area contributed by atoms with Crippen LogP contribution in [0.15, 0.2) is 48.7 Å². The number of hydrogen-bond donors (Lipinski definition) is 0. The van der Waals surface area contributed by atoms with Crippen LogP contribution >= 0.6 is 0 Å². The smallest absolute Gasteiger partial charge is 0.166 e. The first-order valence-electron chi connectivity index (χ1n) is 8.43. The molecule has 25 heavy (non-hydrogen) atoms. The number of fused-ring (bicyclic) bond motifs is 1. The van der Waals surface area contributed by atoms with Crippen molar-refractivity contribution in [1.29, 1.82) is 0 Å². The molecule has 0 N–H and O–H groups in total. The number of carbonyl (C=O) groups is 1. The van der Waals surface area contributed by atoms with Crippen molar-refractivity contribution in [3.8, 4) is 11.5 Å². The van der Waals surface area contributed by atoms with Crippen molar-refractivity contribution in [3.05, 3.63) is 59.8 Å². The summed E-state index contributed by atoms with van der Waals surface area (Å²) in [5, 5.41) is 1.18. The summed E-state index contributed by atoms with van der Waals surface area (Å²) >= 11 is 0. The summed E-state index contributed by atoms with van der Waals surface area (Å²) in [7, 11) is 5.35. The molecule has 1 heterocycles. The maximum absolute atomic E-state index is 12.8. The Hall–Kier alpha value is -2.75. The Kier molecular flexibility index (Phi) is 3.75. The average molecular weight is 335 g/mol. The molecule has 4 nitrogen and oxygen atoms in total. The van der Waals surface area contributed by atoms with Gasteiger partial charge in [0.25, 0.3) is 0 Å². The van der Waals surface area contributed by atoms with Crippen LogP contribution in [0.2, 0.25) is 0 Å². The predicted octanol–water partition coefficient (Wildman–Crippen LogP) is 4.18. The Labute approximate surface area is 147 Å². The van der Waals surface area contributed by atoms with Crippen molar-refractivity contribution >= 4 is 16.7 Å². The standard InChI is InChI=1S/C21H21NO3/c1-22-12-19(17-10-15(25-3)8-9-20(17)22)16-11-18(16)21(23)13-4-6-14(24-2)7-5-13/h4-10,12,16,18H,11H2,1-3H3. The number of methoxy groups -OCH3 is 2. The summed E-state index contributed by atoms with van der Waals surface area (Å²) in [4.78, 5) is 12.8. The van der Waals surface area contributed by atoms with Crippen LogP contribution in [0.5, 0.6) is 11.5 Å². The molecule has 128 valence electrons. The Morgan fingerprint density at radius 1 is 1.04 bits per heavy atom. The van der Waals surface area contributed by atoms with Gasteiger partial charge >= 0.3 is 0 Å². The summed E-state index contributed by atoms with van der Waals surface area (Å²) in [6.07, 6.45) is 3.05. The van der Waals surface area contributed by atoms with Crippen molar-refractivity contribution in [3.63, 3.8) is 0 Å². The molecule has 2 aromatic carbocycles. The first kappa shape index (κ1) is 15.8. The van der Waals surface area contributed by atoms with E-state index in [4.69, 9.17) is 9.47 Å². The maximum atomic E-state index is 12.8. The van der Waals surface area contributed by atoms with E-state index in [2.05, 4.69) is 22.9 Å². The molecule has 3 aromatic rings. The summed E-state index contributed by atoms with van der Waals surface area (Å²) in [5.41, 5.74) is 3.16. The van der Waals surface area contributed by atoms with Crippen molar-refractivity contribution in [1.82, 2.24) is 4.57 Å². The zero-order chi connectivity index (χ0) is 17.6. The molecule has 1 fully saturated rings. The number of carbonyl (C=O) groups excluding carboxylic acids is 1. The fourth-order valence-corrected chi connectivity index (χ4v) is 3.62. The Bertz CT molecular complexity index is 940. The molecule has 1 aliphatic rings. The number of aromatic nitrogens is 1. The summed E-state index contributed by atoms with van der Waals surface area (Å²) in [6, 6.07) is 13.5. The van der Waals surface area contributed by atoms with Gasteiger partial charge in [0.1, 0.15) is 11.5 Å². The number of ketones is 1. The number of nitrogens with zero attached hydrogens (tertiary/aromatic N) is 1. The zero-order valence-electron chi connectivity index (χ0n) is 14.7. The quantitative estimate of drug-likeness (QED) is 0.657. The summed E-state index contributed by atoms with van der Waals surface area (Å²) in [5.74, 6) is 2.17. The minimum absolute atomic E-state index is 0.0604. The van der Waals surface area contributed by atoms with Crippen LogP contribution in [0.4, 0.5) is 0 Å². The van der Waals surface area contributed by atoms with Gasteiger partial charge in [0.15, 0.2) is 5.78 Å². The Morgan fingerprint density at radius 3 is 2.40 bits per heavy atom. The SMILES string of the molecule is COc1ccc(C(=O)C2CC2c2cn(C)c3ccc(OC)cc23)cc1. The summed E-state index contributed by atoms with van der Waals surface area (Å²) < 4.78 is 12.6. The van der Waals surface area contributed by atoms with Gasteiger partial charge in [-0.3, -0.25) is 4.79 Å². The van der Waals surface area contributed by atoms with Crippen LogP contribution in [-0.2, 0) is 7.05 Å². The van der Waals surface area contributed by atoms with Crippen LogP contribution in [0.3, 0.4) is 0 Å². The van der Waals surface area contributed by atoms with Crippen LogP contribution in [0.25, 0.3) is 10.9 Å². The second-order valence-electron chi connectivity index (χ2n) is 6.62. The van der Waals surface area contributed by atoms with Gasteiger partial charge in [-0.05, 0) is 60.4 Å². The number of benzene rings is 2. The molecule has 0 radical (unpaired) electrons. The second kappa shape index (κ2) is 5.96. The lowest BCUT2D eigenvalue weighted by atomic mass is 10.0. The Morgan fingerprint density at radius 2 is 1.72 bits per heavy atom. The third-order valence-corrected chi connectivity index (χ3v) is 5.13. The minimum Gasteiger partial charge on any atom is -0.497 e. The topological polar surface area (TPSA) is 40.5 Å². The molecule has 0 aliphatic heterocycles. The van der Waals surface area contributed by atoms with Gasteiger partial charge in [0.05, 0.1) is 14.2 Å². The van der Waals surface area contributed by atoms with Gasteiger partial charge in [-0.15, -0.1) is 0 Å². The lowest BCUT2D eigenvalue weighted by Crippen LogP contribution is -2.03. The van der Waals surface area contributed by atoms with E-state index in [1.54, 1.807) is 14.2 Å². The highest BCUT2D eigenvalue weighted by Crippen LogP contribution is 2.51. The van der Waals surface area contributed by atoms with Gasteiger partial charge in [0, 0.05) is 35.6 Å². The molecule has 4 rings (SSSR count). The van der Waals surface area contributed by atoms with E-state index in [1.807, 2.05) is 37.4 Å². The normalized spacial score (nSPS) is 19.0. The van der Waals surface area contributed by atoms with Crippen molar-refractivity contribution in [2.24, 2.45) is 13.0 Å². The van der Waals surface area contributed by atoms with Crippen molar-refractivity contribution < 1.29 is 14.3 Å². The van der Waals surface area contributed by atoms with Crippen LogP contribution in [-0.4, -0.2) is 24.6 Å². The van der Waals surface area contributed by atoms with E-state index >= 15 is 0 Å². The predicted molar refractivity (Wildman–Crippen MR) is 97.6 cm³/mol. The van der Waals surface area contributed by atoms with E-state index < -0.39 is 0 Å². The van der Waals surface area contributed by atoms with E-state index in [-0.39, 0.29) is 17.6 Å². The van der Waals surface area contributed by atoms with Crippen LogP contribution < -0.4 is 9.47 Å². The van der Waals surface area contributed by atoms with Gasteiger partial charge in [-0.25, -0.2) is 0 Å². The number of aryl methyl sites for hydroxylation is 1. The minimum atomic E-state index is 0.0604. The first-order valence-corrected chi connectivity index (χ1v) is 8.43. The molecule has 1 aliphatic carbocycles. The van der Waals surface area contributed by atoms with E-state index in [0.29, 0.717) is 0 Å². The highest BCUT2D eigenvalue weighted by molar-refractivity contribution is 6.01. The molecule has 0 saturated heterocycles. The largest absolute Gasteiger partial charge is 0.497 e. The molecule has 0 bridgehead atoms. The summed E-state index contributed by atoms with van der Waals surface area (Å²) in [6.45, 7) is 0. The number of ether oxygens (including phenoxy) is 2. The fourth-order valence-electron chi connectivity index (χ4n) is 3.62. The van der Waals surface area contributed by atoms with E-state index in [0.717, 1.165) is 23.5 Å². The van der Waals surface area contributed by atoms with Gasteiger partial charge < -0.3 is 14.0 Å². The lowest BCUT2D eigenvalue weighted by Gasteiger charge is -2.04. The molecule has 2 atom stereocenters. The third-order valence-electron chi connectivity index (χ3n) is 5.13. The number of hydrogen-bond acceptors (Lipinski definition) is 3. The van der Waals surface area contributed by atoms with E-state index in [1.165, 1.54) is 16.5 Å². The number of rotatable bonds is 5. The van der Waals surface area contributed by atoms with E-state index in [9.17, 15) is 4.79 Å². The molecule has 4 heteroatoms.